The van der Waals surface area contributed by atoms with E-state index in [0.717, 1.165) is 24.5 Å². The number of hydrogen-bond donors (Lipinski definition) is 1. The standard InChI is InChI=1S/C24H27F3N2O2/c1-31-23(14-5-3-2-4-6-14)24(30)29-17-7-8-18(29)10-16(9-17)22(28)12-15-11-20(26)21(27)13-19(15)25/h2-6,11,13,16-18,22-23H,7-10,12,28H2,1H3/t16?,17?,18?,22-,23+/m1/s1. The van der Waals surface area contributed by atoms with Crippen LogP contribution in [-0.2, 0) is 16.0 Å². The Balaban J connectivity index is 1.45. The molecule has 0 aliphatic carbocycles. The number of piperidine rings is 1. The lowest BCUT2D eigenvalue weighted by atomic mass is 9.82. The first-order chi connectivity index (χ1) is 14.9. The van der Waals surface area contributed by atoms with Gasteiger partial charge in [-0.05, 0) is 55.2 Å². The van der Waals surface area contributed by atoms with Crippen LogP contribution in [0, 0.1) is 23.4 Å². The Kier molecular flexibility index (Phi) is 6.34. The molecule has 2 N–H and O–H groups in total. The third-order valence-corrected chi connectivity index (χ3v) is 6.74. The number of rotatable bonds is 6. The zero-order chi connectivity index (χ0) is 22.1. The summed E-state index contributed by atoms with van der Waals surface area (Å²) in [5.74, 6) is -3.02. The van der Waals surface area contributed by atoms with E-state index in [0.29, 0.717) is 18.9 Å². The van der Waals surface area contributed by atoms with Gasteiger partial charge in [-0.3, -0.25) is 4.79 Å². The van der Waals surface area contributed by atoms with Crippen molar-refractivity contribution < 1.29 is 22.7 Å². The average molecular weight is 432 g/mol. The van der Waals surface area contributed by atoms with Gasteiger partial charge in [-0.2, -0.15) is 0 Å². The molecule has 2 bridgehead atoms. The van der Waals surface area contributed by atoms with Gasteiger partial charge in [-0.1, -0.05) is 30.3 Å². The second-order valence-corrected chi connectivity index (χ2v) is 8.61. The van der Waals surface area contributed by atoms with Crippen molar-refractivity contribution in [2.45, 2.75) is 56.3 Å². The van der Waals surface area contributed by atoms with Crippen molar-refractivity contribution in [1.29, 1.82) is 0 Å². The van der Waals surface area contributed by atoms with E-state index in [9.17, 15) is 18.0 Å². The molecule has 0 radical (unpaired) electrons. The molecule has 2 fully saturated rings. The quantitative estimate of drug-likeness (QED) is 0.699. The van der Waals surface area contributed by atoms with Gasteiger partial charge in [0.15, 0.2) is 17.7 Å². The zero-order valence-corrected chi connectivity index (χ0v) is 17.4. The van der Waals surface area contributed by atoms with E-state index < -0.39 is 29.6 Å². The Morgan fingerprint density at radius 2 is 1.68 bits per heavy atom. The Morgan fingerprint density at radius 3 is 2.29 bits per heavy atom. The Morgan fingerprint density at radius 1 is 1.06 bits per heavy atom. The molecule has 2 unspecified atom stereocenters. The lowest BCUT2D eigenvalue weighted by Gasteiger charge is -2.42. The van der Waals surface area contributed by atoms with Crippen LogP contribution in [0.5, 0.6) is 0 Å². The van der Waals surface area contributed by atoms with Gasteiger partial charge >= 0.3 is 0 Å². The second-order valence-electron chi connectivity index (χ2n) is 8.61. The normalized spacial score (nSPS) is 24.8. The largest absolute Gasteiger partial charge is 0.367 e. The monoisotopic (exact) mass is 432 g/mol. The first-order valence-electron chi connectivity index (χ1n) is 10.7. The fraction of sp³-hybridized carbons (Fsp3) is 0.458. The minimum absolute atomic E-state index is 0.0418. The molecule has 2 aliphatic rings. The Bertz CT molecular complexity index is 926. The lowest BCUT2D eigenvalue weighted by molar-refractivity contribution is -0.148. The molecule has 2 heterocycles. The van der Waals surface area contributed by atoms with Crippen LogP contribution in [-0.4, -0.2) is 36.0 Å². The van der Waals surface area contributed by atoms with Crippen molar-refractivity contribution in [3.63, 3.8) is 0 Å². The van der Waals surface area contributed by atoms with Gasteiger partial charge in [0, 0.05) is 31.3 Å². The van der Waals surface area contributed by atoms with Crippen molar-refractivity contribution >= 4 is 5.91 Å². The van der Waals surface area contributed by atoms with E-state index in [1.165, 1.54) is 7.11 Å². The molecular formula is C24H27F3N2O2. The summed E-state index contributed by atoms with van der Waals surface area (Å²) < 4.78 is 46.3. The van der Waals surface area contributed by atoms with Gasteiger partial charge in [0.25, 0.3) is 5.91 Å². The summed E-state index contributed by atoms with van der Waals surface area (Å²) in [7, 11) is 1.54. The lowest BCUT2D eigenvalue weighted by Crippen LogP contribution is -2.51. The van der Waals surface area contributed by atoms with E-state index >= 15 is 0 Å². The van der Waals surface area contributed by atoms with Crippen LogP contribution in [0.4, 0.5) is 13.2 Å². The third kappa shape index (κ3) is 4.34. The van der Waals surface area contributed by atoms with Crippen LogP contribution in [0.2, 0.25) is 0 Å². The topological polar surface area (TPSA) is 55.6 Å². The maximum absolute atomic E-state index is 14.1. The number of ether oxygens (including phenoxy) is 1. The van der Waals surface area contributed by atoms with Crippen molar-refractivity contribution in [2.24, 2.45) is 11.7 Å². The number of hydrogen-bond acceptors (Lipinski definition) is 3. The summed E-state index contributed by atoms with van der Waals surface area (Å²) in [5, 5.41) is 0. The van der Waals surface area contributed by atoms with Gasteiger partial charge in [0.1, 0.15) is 5.82 Å². The molecule has 4 nitrogen and oxygen atoms in total. The number of methoxy groups -OCH3 is 1. The molecule has 2 aromatic carbocycles. The number of nitrogens with two attached hydrogens (primary N) is 1. The molecule has 2 aliphatic heterocycles. The average Bonchev–Trinajstić information content (AvgIpc) is 3.02. The molecule has 2 saturated heterocycles. The number of carbonyl (C=O) groups excluding carboxylic acids is 1. The maximum atomic E-state index is 14.1. The first kappa shape index (κ1) is 21.8. The minimum Gasteiger partial charge on any atom is -0.367 e. The third-order valence-electron chi connectivity index (χ3n) is 6.74. The van der Waals surface area contributed by atoms with Gasteiger partial charge in [0.2, 0.25) is 0 Å². The van der Waals surface area contributed by atoms with Crippen molar-refractivity contribution in [2.75, 3.05) is 7.11 Å². The SMILES string of the molecule is CO[C@H](C(=O)N1C2CCC1CC([C@H](N)Cc1cc(F)c(F)cc1F)C2)c1ccccc1. The van der Waals surface area contributed by atoms with Crippen LogP contribution in [0.25, 0.3) is 0 Å². The minimum atomic E-state index is -1.20. The van der Waals surface area contributed by atoms with E-state index in [4.69, 9.17) is 10.5 Å². The Hall–Kier alpha value is -2.38. The summed E-state index contributed by atoms with van der Waals surface area (Å²) in [6.07, 6.45) is 2.69. The molecule has 0 aromatic heterocycles. The smallest absolute Gasteiger partial charge is 0.256 e. The highest BCUT2D eigenvalue weighted by atomic mass is 19.2. The fourth-order valence-corrected chi connectivity index (χ4v) is 5.21. The van der Waals surface area contributed by atoms with Crippen LogP contribution >= 0.6 is 0 Å². The fourth-order valence-electron chi connectivity index (χ4n) is 5.21. The highest BCUT2D eigenvalue weighted by Gasteiger charge is 2.46. The number of halogens is 3. The predicted octanol–water partition coefficient (Wildman–Crippen LogP) is 4.13. The van der Waals surface area contributed by atoms with Crippen LogP contribution in [0.1, 0.15) is 42.9 Å². The molecule has 0 saturated carbocycles. The van der Waals surface area contributed by atoms with Crippen molar-refractivity contribution in [3.05, 3.63) is 71.0 Å². The summed E-state index contributed by atoms with van der Waals surface area (Å²) >= 11 is 0. The van der Waals surface area contributed by atoms with Crippen LogP contribution < -0.4 is 5.73 Å². The highest BCUT2D eigenvalue weighted by Crippen LogP contribution is 2.42. The molecule has 31 heavy (non-hydrogen) atoms. The van der Waals surface area contributed by atoms with Gasteiger partial charge in [-0.15, -0.1) is 0 Å². The van der Waals surface area contributed by atoms with Gasteiger partial charge in [-0.25, -0.2) is 13.2 Å². The molecule has 4 atom stereocenters. The van der Waals surface area contributed by atoms with Crippen LogP contribution in [0.15, 0.2) is 42.5 Å². The maximum Gasteiger partial charge on any atom is 0.256 e. The van der Waals surface area contributed by atoms with E-state index in [-0.39, 0.29) is 35.9 Å². The second kappa shape index (κ2) is 9.01. The number of carbonyl (C=O) groups is 1. The molecule has 4 rings (SSSR count). The summed E-state index contributed by atoms with van der Waals surface area (Å²) in [6.45, 7) is 0. The summed E-state index contributed by atoms with van der Waals surface area (Å²) in [5.41, 5.74) is 7.28. The molecule has 0 spiro atoms. The van der Waals surface area contributed by atoms with E-state index in [2.05, 4.69) is 0 Å². The Labute approximate surface area is 180 Å². The molecule has 166 valence electrons. The zero-order valence-electron chi connectivity index (χ0n) is 17.4. The number of nitrogens with zero attached hydrogens (tertiary/aromatic N) is 1. The highest BCUT2D eigenvalue weighted by molar-refractivity contribution is 5.83. The van der Waals surface area contributed by atoms with Crippen molar-refractivity contribution in [3.8, 4) is 0 Å². The molecule has 7 heteroatoms. The van der Waals surface area contributed by atoms with Gasteiger partial charge < -0.3 is 15.4 Å². The molecular weight excluding hydrogens is 405 g/mol. The van der Waals surface area contributed by atoms with Crippen LogP contribution in [0.3, 0.4) is 0 Å². The number of fused-ring (bicyclic) bond motifs is 2. The summed E-state index contributed by atoms with van der Waals surface area (Å²) in [4.78, 5) is 15.3. The van der Waals surface area contributed by atoms with Crippen molar-refractivity contribution in [1.82, 2.24) is 4.90 Å². The number of amides is 1. The summed E-state index contributed by atoms with van der Waals surface area (Å²) in [6, 6.07) is 10.6. The molecule has 2 aromatic rings. The van der Waals surface area contributed by atoms with E-state index in [1.807, 2.05) is 35.2 Å². The number of benzene rings is 2. The molecule has 1 amide bonds. The van der Waals surface area contributed by atoms with E-state index in [1.54, 1.807) is 0 Å². The van der Waals surface area contributed by atoms with Gasteiger partial charge in [0.05, 0.1) is 0 Å². The predicted molar refractivity (Wildman–Crippen MR) is 111 cm³/mol. The first-order valence-corrected chi connectivity index (χ1v) is 10.7.